The number of fused-ring (bicyclic) bond motifs is 2. The minimum atomic E-state index is -0.825. The Bertz CT molecular complexity index is 1870. The lowest BCUT2D eigenvalue weighted by Gasteiger charge is -2.31. The predicted molar refractivity (Wildman–Crippen MR) is 179 cm³/mol. The van der Waals surface area contributed by atoms with Gasteiger partial charge >= 0.3 is 10.8 Å². The fourth-order valence-corrected chi connectivity index (χ4v) is 8.66. The predicted octanol–water partition coefficient (Wildman–Crippen LogP) is 5.82. The summed E-state index contributed by atoms with van der Waals surface area (Å²) in [6.07, 6.45) is 0. The summed E-state index contributed by atoms with van der Waals surface area (Å²) in [5.74, 6) is -3.01. The molecular weight excluding hydrogens is 623 g/mol. The molecule has 0 spiro atoms. The molecule has 4 aromatic rings. The van der Waals surface area contributed by atoms with E-state index in [4.69, 9.17) is 4.74 Å². The molecule has 0 radical (unpaired) electrons. The van der Waals surface area contributed by atoms with Crippen LogP contribution in [0.3, 0.4) is 0 Å². The number of thioether (sulfide) groups is 1. The van der Waals surface area contributed by atoms with Crippen molar-refractivity contribution in [3.8, 4) is 0 Å². The SMILES string of the molecule is CCOC(=O)c1ccc(N2C(=O)C3Sc4c(sc(=O)n4CC(=O)Nc4ccccc4)[C@@H](c4ccc(C(C)(C)C)cc4)C3C2=O)cc1. The third kappa shape index (κ3) is 5.80. The fraction of sp³-hybridized carbons (Fsp3) is 0.286. The van der Waals surface area contributed by atoms with Crippen LogP contribution >= 0.6 is 23.1 Å². The third-order valence-electron chi connectivity index (χ3n) is 8.18. The molecule has 3 heterocycles. The number of hydrogen-bond donors (Lipinski definition) is 1. The van der Waals surface area contributed by atoms with E-state index in [0.717, 1.165) is 34.2 Å². The Morgan fingerprint density at radius 2 is 1.57 bits per heavy atom. The number of thiazole rings is 1. The largest absolute Gasteiger partial charge is 0.462 e. The van der Waals surface area contributed by atoms with Gasteiger partial charge in [0.1, 0.15) is 11.8 Å². The number of imide groups is 1. The van der Waals surface area contributed by atoms with Crippen molar-refractivity contribution in [3.63, 3.8) is 0 Å². The van der Waals surface area contributed by atoms with Crippen molar-refractivity contribution in [3.05, 3.63) is 110 Å². The van der Waals surface area contributed by atoms with Crippen molar-refractivity contribution < 1.29 is 23.9 Å². The van der Waals surface area contributed by atoms with Gasteiger partial charge in [0.05, 0.1) is 28.8 Å². The maximum Gasteiger partial charge on any atom is 0.338 e. The maximum atomic E-state index is 14.2. The molecule has 2 aliphatic rings. The second-order valence-electron chi connectivity index (χ2n) is 12.2. The molecule has 1 saturated heterocycles. The van der Waals surface area contributed by atoms with E-state index in [2.05, 4.69) is 26.1 Å². The van der Waals surface area contributed by atoms with Crippen LogP contribution in [0.5, 0.6) is 0 Å². The highest BCUT2D eigenvalue weighted by atomic mass is 32.2. The van der Waals surface area contributed by atoms with Crippen LogP contribution in [0.15, 0.2) is 88.7 Å². The van der Waals surface area contributed by atoms with Gasteiger partial charge in [-0.1, -0.05) is 86.3 Å². The molecule has 1 fully saturated rings. The number of nitrogens with one attached hydrogen (secondary N) is 1. The summed E-state index contributed by atoms with van der Waals surface area (Å²) in [5.41, 5.74) is 3.10. The summed E-state index contributed by atoms with van der Waals surface area (Å²) in [6.45, 7) is 8.05. The standard InChI is InChI=1S/C35H33N3O6S2/c1-5-44-33(42)21-13-17-24(18-14-21)38-30(40)27-26(20-11-15-22(16-12-20)35(2,3)4)29-32(45-28(27)31(38)41)37(34(43)46-29)19-25(39)36-23-9-7-6-8-10-23/h6-18,26-28H,5,19H2,1-4H3,(H,36,39)/t26-,27?,28?/m0/s1. The number of rotatable bonds is 7. The van der Waals surface area contributed by atoms with Crippen molar-refractivity contribution in [2.75, 3.05) is 16.8 Å². The molecule has 3 aromatic carbocycles. The van der Waals surface area contributed by atoms with E-state index in [1.54, 1.807) is 43.3 Å². The molecule has 6 rings (SSSR count). The molecule has 1 aromatic heterocycles. The van der Waals surface area contributed by atoms with Crippen molar-refractivity contribution in [1.29, 1.82) is 0 Å². The van der Waals surface area contributed by atoms with Gasteiger partial charge in [-0.2, -0.15) is 0 Å². The first-order chi connectivity index (χ1) is 22.0. The minimum Gasteiger partial charge on any atom is -0.462 e. The van der Waals surface area contributed by atoms with Gasteiger partial charge in [-0.25, -0.2) is 9.69 Å². The van der Waals surface area contributed by atoms with Crippen LogP contribution in [0.2, 0.25) is 0 Å². The van der Waals surface area contributed by atoms with Gasteiger partial charge in [0, 0.05) is 16.5 Å². The second kappa shape index (κ2) is 12.4. The van der Waals surface area contributed by atoms with Crippen LogP contribution in [0.4, 0.5) is 11.4 Å². The first kappa shape index (κ1) is 31.5. The van der Waals surface area contributed by atoms with Crippen molar-refractivity contribution >= 4 is 58.2 Å². The number of aromatic nitrogens is 1. The number of ether oxygens (including phenoxy) is 1. The summed E-state index contributed by atoms with van der Waals surface area (Å²) < 4.78 is 6.48. The zero-order valence-electron chi connectivity index (χ0n) is 25.8. The molecule has 236 valence electrons. The van der Waals surface area contributed by atoms with E-state index in [0.29, 0.717) is 26.8 Å². The van der Waals surface area contributed by atoms with Crippen LogP contribution in [0, 0.1) is 5.92 Å². The lowest BCUT2D eigenvalue weighted by molar-refractivity contribution is -0.122. The Labute approximate surface area is 274 Å². The molecule has 2 unspecified atom stereocenters. The summed E-state index contributed by atoms with van der Waals surface area (Å²) in [7, 11) is 0. The van der Waals surface area contributed by atoms with E-state index in [-0.39, 0.29) is 35.3 Å². The number of para-hydroxylation sites is 1. The molecule has 9 nitrogen and oxygen atoms in total. The number of amides is 3. The van der Waals surface area contributed by atoms with E-state index < -0.39 is 29.0 Å². The first-order valence-electron chi connectivity index (χ1n) is 15.0. The second-order valence-corrected chi connectivity index (χ2v) is 14.4. The molecule has 0 bridgehead atoms. The van der Waals surface area contributed by atoms with E-state index in [9.17, 15) is 24.0 Å². The van der Waals surface area contributed by atoms with Crippen molar-refractivity contribution in [1.82, 2.24) is 4.57 Å². The van der Waals surface area contributed by atoms with Crippen LogP contribution in [0.25, 0.3) is 0 Å². The Kier molecular flexibility index (Phi) is 8.47. The topological polar surface area (TPSA) is 115 Å². The number of anilines is 2. The number of carbonyl (C=O) groups is 4. The van der Waals surface area contributed by atoms with Crippen LogP contribution < -0.4 is 15.1 Å². The molecule has 11 heteroatoms. The Morgan fingerprint density at radius 3 is 2.20 bits per heavy atom. The van der Waals surface area contributed by atoms with E-state index in [1.807, 2.05) is 30.3 Å². The summed E-state index contributed by atoms with van der Waals surface area (Å²) in [6, 6.07) is 23.1. The fourth-order valence-electron chi connectivity index (χ4n) is 5.89. The van der Waals surface area contributed by atoms with Gasteiger partial charge in [-0.05, 0) is 59.9 Å². The maximum absolute atomic E-state index is 14.2. The van der Waals surface area contributed by atoms with Crippen LogP contribution in [-0.4, -0.2) is 40.1 Å². The zero-order valence-corrected chi connectivity index (χ0v) is 27.4. The minimum absolute atomic E-state index is 0.0967. The smallest absolute Gasteiger partial charge is 0.338 e. The highest BCUT2D eigenvalue weighted by Crippen LogP contribution is 2.54. The molecule has 3 atom stereocenters. The average molecular weight is 656 g/mol. The summed E-state index contributed by atoms with van der Waals surface area (Å²) in [4.78, 5) is 68.5. The van der Waals surface area contributed by atoms with Crippen LogP contribution in [-0.2, 0) is 31.1 Å². The number of nitrogens with zero attached hydrogens (tertiary/aromatic N) is 2. The highest BCUT2D eigenvalue weighted by molar-refractivity contribution is 8.00. The first-order valence-corrected chi connectivity index (χ1v) is 16.7. The molecule has 3 amide bonds. The van der Waals surface area contributed by atoms with Crippen molar-refractivity contribution in [2.45, 2.75) is 55.8 Å². The van der Waals surface area contributed by atoms with Gasteiger partial charge in [0.2, 0.25) is 17.7 Å². The van der Waals surface area contributed by atoms with Gasteiger partial charge in [-0.3, -0.25) is 23.7 Å². The highest BCUT2D eigenvalue weighted by Gasteiger charge is 2.56. The lowest BCUT2D eigenvalue weighted by Crippen LogP contribution is -2.33. The van der Waals surface area contributed by atoms with Gasteiger partial charge in [0.25, 0.3) is 0 Å². The molecular formula is C35H33N3O6S2. The Balaban J connectivity index is 1.39. The molecule has 2 aliphatic heterocycles. The Hall–Kier alpha value is -4.48. The number of esters is 1. The quantitative estimate of drug-likeness (QED) is 0.197. The average Bonchev–Trinajstić information content (AvgIpc) is 3.47. The monoisotopic (exact) mass is 655 g/mol. The summed E-state index contributed by atoms with van der Waals surface area (Å²) >= 11 is 2.17. The Morgan fingerprint density at radius 1 is 0.891 bits per heavy atom. The molecule has 46 heavy (non-hydrogen) atoms. The van der Waals surface area contributed by atoms with Gasteiger partial charge < -0.3 is 10.1 Å². The zero-order chi connectivity index (χ0) is 32.7. The van der Waals surface area contributed by atoms with Gasteiger partial charge in [0.15, 0.2) is 0 Å². The molecule has 0 aliphatic carbocycles. The number of hydrogen-bond acceptors (Lipinski definition) is 8. The molecule has 1 N–H and O–H groups in total. The van der Waals surface area contributed by atoms with E-state index >= 15 is 0 Å². The summed E-state index contributed by atoms with van der Waals surface area (Å²) in [5, 5.41) is 2.52. The third-order valence-corrected chi connectivity index (χ3v) is 10.8. The van der Waals surface area contributed by atoms with Crippen molar-refractivity contribution in [2.24, 2.45) is 5.92 Å². The van der Waals surface area contributed by atoms with E-state index in [1.165, 1.54) is 21.6 Å². The number of carbonyl (C=O) groups excluding carboxylic acids is 4. The normalized spacial score (nSPS) is 19.0. The van der Waals surface area contributed by atoms with Gasteiger partial charge in [-0.15, -0.1) is 0 Å². The lowest BCUT2D eigenvalue weighted by atomic mass is 9.81. The number of benzene rings is 3. The molecule has 0 saturated carbocycles. The van der Waals surface area contributed by atoms with Crippen LogP contribution in [0.1, 0.15) is 60.0 Å².